The normalized spacial score (nSPS) is 15.4. The van der Waals surface area contributed by atoms with Crippen LogP contribution in [0.15, 0.2) is 18.3 Å². The van der Waals surface area contributed by atoms with Gasteiger partial charge in [-0.05, 0) is 25.0 Å². The van der Waals surface area contributed by atoms with Gasteiger partial charge in [0, 0.05) is 18.8 Å². The predicted molar refractivity (Wildman–Crippen MR) is 51.1 cm³/mol. The quantitative estimate of drug-likeness (QED) is 0.748. The van der Waals surface area contributed by atoms with E-state index >= 15 is 0 Å². The van der Waals surface area contributed by atoms with E-state index in [-0.39, 0.29) is 5.56 Å². The lowest BCUT2D eigenvalue weighted by molar-refractivity contribution is 0.0696. The number of nitrogens with zero attached hydrogens (tertiary/aromatic N) is 1. The number of carbonyl (C=O) groups is 1. The van der Waals surface area contributed by atoms with Crippen molar-refractivity contribution in [2.45, 2.75) is 25.4 Å². The lowest BCUT2D eigenvalue weighted by atomic mass is 10.2. The van der Waals surface area contributed by atoms with Gasteiger partial charge in [-0.3, -0.25) is 4.98 Å². The first-order chi connectivity index (χ1) is 6.75. The van der Waals surface area contributed by atoms with Crippen LogP contribution in [0.3, 0.4) is 0 Å². The van der Waals surface area contributed by atoms with Crippen molar-refractivity contribution < 1.29 is 9.90 Å². The minimum absolute atomic E-state index is 0.236. The summed E-state index contributed by atoms with van der Waals surface area (Å²) in [6.07, 6.45) is 3.88. The zero-order chi connectivity index (χ0) is 9.97. The summed E-state index contributed by atoms with van der Waals surface area (Å²) in [6, 6.07) is 3.98. The summed E-state index contributed by atoms with van der Waals surface area (Å²) < 4.78 is 0. The van der Waals surface area contributed by atoms with E-state index in [0.717, 1.165) is 12.2 Å². The molecule has 1 fully saturated rings. The summed E-state index contributed by atoms with van der Waals surface area (Å²) in [5.74, 6) is -0.931. The average Bonchev–Trinajstić information content (AvgIpc) is 2.99. The molecule has 1 aliphatic carbocycles. The fourth-order valence-corrected chi connectivity index (χ4v) is 1.19. The smallest absolute Gasteiger partial charge is 0.337 e. The maximum absolute atomic E-state index is 10.5. The Morgan fingerprint density at radius 2 is 2.36 bits per heavy atom. The molecule has 4 nitrogen and oxygen atoms in total. The summed E-state index contributed by atoms with van der Waals surface area (Å²) in [4.78, 5) is 14.6. The predicted octanol–water partition coefficient (Wildman–Crippen LogP) is 1.03. The molecule has 1 heterocycles. The lowest BCUT2D eigenvalue weighted by Crippen LogP contribution is -2.16. The van der Waals surface area contributed by atoms with Crippen molar-refractivity contribution in [3.63, 3.8) is 0 Å². The number of pyridine rings is 1. The Labute approximate surface area is 82.0 Å². The first-order valence-electron chi connectivity index (χ1n) is 4.67. The van der Waals surface area contributed by atoms with Gasteiger partial charge in [-0.2, -0.15) is 0 Å². The largest absolute Gasteiger partial charge is 0.478 e. The topological polar surface area (TPSA) is 62.2 Å². The minimum atomic E-state index is -0.931. The molecule has 14 heavy (non-hydrogen) atoms. The van der Waals surface area contributed by atoms with Gasteiger partial charge in [0.1, 0.15) is 0 Å². The van der Waals surface area contributed by atoms with Gasteiger partial charge in [-0.1, -0.05) is 0 Å². The van der Waals surface area contributed by atoms with Crippen molar-refractivity contribution in [2.75, 3.05) is 0 Å². The van der Waals surface area contributed by atoms with E-state index in [0.29, 0.717) is 6.04 Å². The number of aromatic carboxylic acids is 1. The summed E-state index contributed by atoms with van der Waals surface area (Å²) in [5, 5.41) is 12.0. The number of rotatable bonds is 4. The Hall–Kier alpha value is -1.42. The van der Waals surface area contributed by atoms with Crippen molar-refractivity contribution in [1.29, 1.82) is 0 Å². The highest BCUT2D eigenvalue weighted by atomic mass is 16.4. The molecule has 0 radical (unpaired) electrons. The molecule has 1 saturated carbocycles. The molecule has 74 valence electrons. The SMILES string of the molecule is O=C(O)c1ccc(CNC2CC2)nc1. The molecule has 1 aromatic heterocycles. The molecule has 2 N–H and O–H groups in total. The van der Waals surface area contributed by atoms with Gasteiger partial charge in [0.2, 0.25) is 0 Å². The molecular weight excluding hydrogens is 180 g/mol. The first kappa shape index (κ1) is 9.15. The highest BCUT2D eigenvalue weighted by Gasteiger charge is 2.20. The first-order valence-corrected chi connectivity index (χ1v) is 4.67. The second-order valence-electron chi connectivity index (χ2n) is 3.50. The lowest BCUT2D eigenvalue weighted by Gasteiger charge is -2.01. The van der Waals surface area contributed by atoms with Gasteiger partial charge in [-0.25, -0.2) is 4.79 Å². The van der Waals surface area contributed by atoms with Crippen LogP contribution in [0, 0.1) is 0 Å². The van der Waals surface area contributed by atoms with Crippen LogP contribution in [0.1, 0.15) is 28.9 Å². The van der Waals surface area contributed by atoms with Crippen molar-refractivity contribution in [1.82, 2.24) is 10.3 Å². The number of carboxylic acid groups (broad SMARTS) is 1. The van der Waals surface area contributed by atoms with Crippen LogP contribution in [0.25, 0.3) is 0 Å². The third kappa shape index (κ3) is 2.29. The number of aromatic nitrogens is 1. The van der Waals surface area contributed by atoms with Crippen LogP contribution >= 0.6 is 0 Å². The van der Waals surface area contributed by atoms with E-state index in [9.17, 15) is 4.79 Å². The van der Waals surface area contributed by atoms with Gasteiger partial charge >= 0.3 is 5.97 Å². The summed E-state index contributed by atoms with van der Waals surface area (Å²) in [5.41, 5.74) is 1.13. The van der Waals surface area contributed by atoms with Gasteiger partial charge < -0.3 is 10.4 Å². The molecule has 1 aromatic rings. The monoisotopic (exact) mass is 192 g/mol. The van der Waals surface area contributed by atoms with E-state index in [1.165, 1.54) is 19.0 Å². The third-order valence-electron chi connectivity index (χ3n) is 2.22. The Kier molecular flexibility index (Phi) is 2.45. The zero-order valence-electron chi connectivity index (χ0n) is 7.73. The second kappa shape index (κ2) is 3.75. The number of nitrogens with one attached hydrogen (secondary N) is 1. The van der Waals surface area contributed by atoms with Gasteiger partial charge in [0.15, 0.2) is 0 Å². The average molecular weight is 192 g/mol. The summed E-state index contributed by atoms with van der Waals surface area (Å²) in [6.45, 7) is 0.727. The van der Waals surface area contributed by atoms with E-state index in [4.69, 9.17) is 5.11 Å². The van der Waals surface area contributed by atoms with E-state index in [1.54, 1.807) is 12.1 Å². The molecular formula is C10H12N2O2. The molecule has 1 aliphatic rings. The molecule has 0 aliphatic heterocycles. The highest BCUT2D eigenvalue weighted by molar-refractivity contribution is 5.87. The van der Waals surface area contributed by atoms with Crippen molar-refractivity contribution in [2.24, 2.45) is 0 Å². The maximum atomic E-state index is 10.5. The van der Waals surface area contributed by atoms with Crippen LogP contribution < -0.4 is 5.32 Å². The molecule has 4 heteroatoms. The molecule has 2 rings (SSSR count). The fourth-order valence-electron chi connectivity index (χ4n) is 1.19. The third-order valence-corrected chi connectivity index (χ3v) is 2.22. The van der Waals surface area contributed by atoms with Crippen LogP contribution in [0.5, 0.6) is 0 Å². The number of hydrogen-bond donors (Lipinski definition) is 2. The Bertz CT molecular complexity index is 330. The van der Waals surface area contributed by atoms with Crippen LogP contribution in [-0.4, -0.2) is 22.1 Å². The molecule has 0 atom stereocenters. The molecule has 0 spiro atoms. The molecule has 0 aromatic carbocycles. The van der Waals surface area contributed by atoms with Gasteiger partial charge in [-0.15, -0.1) is 0 Å². The van der Waals surface area contributed by atoms with Crippen LogP contribution in [-0.2, 0) is 6.54 Å². The fraction of sp³-hybridized carbons (Fsp3) is 0.400. The number of carboxylic acids is 1. The van der Waals surface area contributed by atoms with E-state index in [1.807, 2.05) is 0 Å². The highest BCUT2D eigenvalue weighted by Crippen LogP contribution is 2.18. The summed E-state index contributed by atoms with van der Waals surface area (Å²) in [7, 11) is 0. The van der Waals surface area contributed by atoms with Gasteiger partial charge in [0.05, 0.1) is 11.3 Å². The van der Waals surface area contributed by atoms with Crippen LogP contribution in [0.2, 0.25) is 0 Å². The molecule has 0 bridgehead atoms. The number of hydrogen-bond acceptors (Lipinski definition) is 3. The molecule has 0 amide bonds. The Morgan fingerprint density at radius 3 is 2.86 bits per heavy atom. The standard InChI is InChI=1S/C10H12N2O2/c13-10(14)7-1-2-9(11-5-7)6-12-8-3-4-8/h1-2,5,8,12H,3-4,6H2,(H,13,14). The second-order valence-corrected chi connectivity index (χ2v) is 3.50. The van der Waals surface area contributed by atoms with E-state index < -0.39 is 5.97 Å². The van der Waals surface area contributed by atoms with Crippen molar-refractivity contribution in [3.05, 3.63) is 29.6 Å². The zero-order valence-corrected chi connectivity index (χ0v) is 7.73. The van der Waals surface area contributed by atoms with Crippen molar-refractivity contribution >= 4 is 5.97 Å². The molecule has 0 unspecified atom stereocenters. The summed E-state index contributed by atoms with van der Waals surface area (Å²) >= 11 is 0. The van der Waals surface area contributed by atoms with E-state index in [2.05, 4.69) is 10.3 Å². The van der Waals surface area contributed by atoms with Crippen molar-refractivity contribution in [3.8, 4) is 0 Å². The van der Waals surface area contributed by atoms with Crippen LogP contribution in [0.4, 0.5) is 0 Å². The Balaban J connectivity index is 1.94. The minimum Gasteiger partial charge on any atom is -0.478 e. The Morgan fingerprint density at radius 1 is 1.57 bits per heavy atom. The van der Waals surface area contributed by atoms with Gasteiger partial charge in [0.25, 0.3) is 0 Å². The maximum Gasteiger partial charge on any atom is 0.337 e. The molecule has 0 saturated heterocycles.